The second-order valence-electron chi connectivity index (χ2n) is 15.9. The summed E-state index contributed by atoms with van der Waals surface area (Å²) in [7, 11) is 0. The average Bonchev–Trinajstić information content (AvgIpc) is 3.63. The van der Waals surface area contributed by atoms with E-state index in [9.17, 15) is 24.3 Å². The summed E-state index contributed by atoms with van der Waals surface area (Å²) >= 11 is 3.76. The van der Waals surface area contributed by atoms with Crippen LogP contribution in [0.15, 0.2) is 55.6 Å². The Morgan fingerprint density at radius 3 is 2.44 bits per heavy atom. The van der Waals surface area contributed by atoms with Gasteiger partial charge in [-0.05, 0) is 63.9 Å². The first-order valence-corrected chi connectivity index (χ1v) is 18.8. The maximum atomic E-state index is 15.0. The van der Waals surface area contributed by atoms with Crippen LogP contribution in [0.4, 0.5) is 0 Å². The Morgan fingerprint density at radius 2 is 1.84 bits per heavy atom. The van der Waals surface area contributed by atoms with E-state index in [-0.39, 0.29) is 54.1 Å². The lowest BCUT2D eigenvalue weighted by Crippen LogP contribution is -2.61. The van der Waals surface area contributed by atoms with Crippen LogP contribution in [0.2, 0.25) is 0 Å². The molecule has 3 fully saturated rings. The van der Waals surface area contributed by atoms with Crippen LogP contribution in [-0.4, -0.2) is 92.4 Å². The van der Waals surface area contributed by atoms with Crippen molar-refractivity contribution in [2.45, 2.75) is 120 Å². The van der Waals surface area contributed by atoms with Gasteiger partial charge < -0.3 is 29.7 Å². The normalized spacial score (nSPS) is 27.0. The zero-order valence-electron chi connectivity index (χ0n) is 30.5. The quantitative estimate of drug-likeness (QED) is 0.0932. The van der Waals surface area contributed by atoms with Crippen molar-refractivity contribution in [3.63, 3.8) is 0 Å². The standard InChI is InChI=1S/C39H56BrN3O7/c1-9-11-19-28(45)41-25(3)31(26-17-13-12-14-18-26)49-36(48)29-30-34(46)42(21-15-16-22-44)33(39(30)23-27(40)32(29)50-39)35(47)43(20-10-2)38(7,8)24-37(4,5)6/h9-10,12-14,17-18,25,27,29-33,44H,1-2,11,15-16,19-24H2,3-8H3,(H,41,45)/t25-,27?,29+,30-,31-,32+,33+,39-/m1/s1. The zero-order valence-corrected chi connectivity index (χ0v) is 32.1. The molecule has 3 heterocycles. The predicted molar refractivity (Wildman–Crippen MR) is 196 cm³/mol. The molecule has 0 saturated carbocycles. The Balaban J connectivity index is 1.72. The van der Waals surface area contributed by atoms with E-state index in [0.29, 0.717) is 37.7 Å². The van der Waals surface area contributed by atoms with E-state index in [0.717, 1.165) is 0 Å². The molecule has 8 atom stereocenters. The first-order chi connectivity index (χ1) is 23.5. The predicted octanol–water partition coefficient (Wildman–Crippen LogP) is 5.49. The number of allylic oxidation sites excluding steroid dienone is 1. The van der Waals surface area contributed by atoms with E-state index < -0.39 is 53.2 Å². The molecular weight excluding hydrogens is 702 g/mol. The molecule has 2 bridgehead atoms. The highest BCUT2D eigenvalue weighted by Gasteiger charge is 2.77. The van der Waals surface area contributed by atoms with Crippen LogP contribution in [0.5, 0.6) is 0 Å². The molecular formula is C39H56BrN3O7. The molecule has 276 valence electrons. The maximum absolute atomic E-state index is 15.0. The van der Waals surface area contributed by atoms with Gasteiger partial charge in [0.25, 0.3) is 0 Å². The SMILES string of the molecule is C=CCCC(=O)N[C@H](C)[C@@H](OC(=O)[C@@H]1[C@H]2O[C@@]3(CC2Br)[C@H](C(=O)N(CC=C)C(C)(C)CC(C)(C)C)N(CCCCO)C(=O)[C@@H]13)c1ccccc1. The van der Waals surface area contributed by atoms with Crippen molar-refractivity contribution in [3.8, 4) is 0 Å². The first kappa shape index (κ1) is 39.8. The van der Waals surface area contributed by atoms with Crippen molar-refractivity contribution in [2.75, 3.05) is 19.7 Å². The van der Waals surface area contributed by atoms with Crippen LogP contribution < -0.4 is 5.32 Å². The topological polar surface area (TPSA) is 125 Å². The Labute approximate surface area is 306 Å². The van der Waals surface area contributed by atoms with E-state index in [1.807, 2.05) is 44.2 Å². The number of benzene rings is 1. The van der Waals surface area contributed by atoms with Crippen molar-refractivity contribution in [2.24, 2.45) is 17.3 Å². The zero-order chi connectivity index (χ0) is 37.0. The summed E-state index contributed by atoms with van der Waals surface area (Å²) in [4.78, 5) is 59.8. The van der Waals surface area contributed by atoms with Gasteiger partial charge in [0.15, 0.2) is 0 Å². The summed E-state index contributed by atoms with van der Waals surface area (Å²) in [6.45, 7) is 20.3. The number of ether oxygens (including phenoxy) is 2. The highest BCUT2D eigenvalue weighted by molar-refractivity contribution is 9.09. The third-order valence-corrected chi connectivity index (χ3v) is 11.0. The van der Waals surface area contributed by atoms with Crippen LogP contribution in [-0.2, 0) is 28.7 Å². The smallest absolute Gasteiger partial charge is 0.313 e. The summed E-state index contributed by atoms with van der Waals surface area (Å²) in [5.74, 6) is -3.29. The van der Waals surface area contributed by atoms with Crippen LogP contribution in [0.1, 0.15) is 91.7 Å². The molecule has 0 radical (unpaired) electrons. The number of carbonyl (C=O) groups is 4. The molecule has 4 rings (SSSR count). The number of likely N-dealkylation sites (tertiary alicyclic amines) is 1. The largest absolute Gasteiger partial charge is 0.455 e. The van der Waals surface area contributed by atoms with Crippen molar-refractivity contribution >= 4 is 39.6 Å². The summed E-state index contributed by atoms with van der Waals surface area (Å²) in [5.41, 5.74) is -1.24. The lowest BCUT2D eigenvalue weighted by Gasteiger charge is -2.45. The van der Waals surface area contributed by atoms with Crippen LogP contribution in [0, 0.1) is 17.3 Å². The summed E-state index contributed by atoms with van der Waals surface area (Å²) in [5, 5.41) is 12.5. The molecule has 3 aliphatic heterocycles. The van der Waals surface area contributed by atoms with Crippen molar-refractivity contribution in [1.29, 1.82) is 0 Å². The second kappa shape index (κ2) is 16.1. The summed E-state index contributed by atoms with van der Waals surface area (Å²) in [6, 6.07) is 7.65. The minimum absolute atomic E-state index is 0.0450. The number of esters is 1. The van der Waals surface area contributed by atoms with Crippen molar-refractivity contribution in [1.82, 2.24) is 15.1 Å². The second-order valence-corrected chi connectivity index (χ2v) is 17.0. The molecule has 1 unspecified atom stereocenters. The number of amides is 3. The fourth-order valence-corrected chi connectivity index (χ4v) is 9.50. The Morgan fingerprint density at radius 1 is 1.16 bits per heavy atom. The summed E-state index contributed by atoms with van der Waals surface area (Å²) in [6.07, 6.45) is 4.61. The molecule has 10 nitrogen and oxygen atoms in total. The average molecular weight is 759 g/mol. The van der Waals surface area contributed by atoms with Crippen LogP contribution in [0.3, 0.4) is 0 Å². The molecule has 50 heavy (non-hydrogen) atoms. The number of aliphatic hydroxyl groups excluding tert-OH is 1. The molecule has 1 spiro atoms. The first-order valence-electron chi connectivity index (χ1n) is 17.8. The molecule has 3 saturated heterocycles. The molecule has 11 heteroatoms. The maximum Gasteiger partial charge on any atom is 0.313 e. The number of halogens is 1. The third-order valence-electron chi connectivity index (χ3n) is 10.2. The number of alkyl halides is 1. The number of hydrogen-bond donors (Lipinski definition) is 2. The lowest BCUT2D eigenvalue weighted by atomic mass is 9.70. The van der Waals surface area contributed by atoms with Gasteiger partial charge in [-0.15, -0.1) is 13.2 Å². The van der Waals surface area contributed by atoms with E-state index >= 15 is 0 Å². The number of unbranched alkanes of at least 4 members (excludes halogenated alkanes) is 1. The number of rotatable bonds is 17. The highest BCUT2D eigenvalue weighted by atomic mass is 79.9. The number of hydrogen-bond acceptors (Lipinski definition) is 7. The number of fused-ring (bicyclic) bond motifs is 1. The van der Waals surface area contributed by atoms with Gasteiger partial charge in [-0.2, -0.15) is 0 Å². The van der Waals surface area contributed by atoms with Crippen molar-refractivity contribution in [3.05, 3.63) is 61.2 Å². The van der Waals surface area contributed by atoms with Crippen LogP contribution in [0.25, 0.3) is 0 Å². The van der Waals surface area contributed by atoms with Gasteiger partial charge in [-0.3, -0.25) is 19.2 Å². The fourth-order valence-electron chi connectivity index (χ4n) is 8.56. The minimum atomic E-state index is -1.26. The minimum Gasteiger partial charge on any atom is -0.455 e. The van der Waals surface area contributed by atoms with E-state index in [2.05, 4.69) is 55.2 Å². The number of nitrogens with one attached hydrogen (secondary N) is 1. The molecule has 1 aromatic rings. The number of aliphatic hydroxyl groups is 1. The number of carbonyl (C=O) groups excluding carboxylic acids is 4. The van der Waals surface area contributed by atoms with Crippen molar-refractivity contribution < 1.29 is 33.8 Å². The summed E-state index contributed by atoms with van der Waals surface area (Å²) < 4.78 is 13.0. The van der Waals surface area contributed by atoms with Gasteiger partial charge in [0.1, 0.15) is 17.7 Å². The lowest BCUT2D eigenvalue weighted by molar-refractivity contribution is -0.162. The van der Waals surface area contributed by atoms with Gasteiger partial charge in [0, 0.05) is 36.5 Å². The van der Waals surface area contributed by atoms with Crippen LogP contribution >= 0.6 is 15.9 Å². The Bertz CT molecular complexity index is 1410. The van der Waals surface area contributed by atoms with Gasteiger partial charge >= 0.3 is 5.97 Å². The molecule has 2 N–H and O–H groups in total. The molecule has 0 aliphatic carbocycles. The highest BCUT2D eigenvalue weighted by Crippen LogP contribution is 2.60. The Hall–Kier alpha value is -3.02. The van der Waals surface area contributed by atoms with Gasteiger partial charge in [-0.25, -0.2) is 0 Å². The van der Waals surface area contributed by atoms with Gasteiger partial charge in [0.2, 0.25) is 17.7 Å². The van der Waals surface area contributed by atoms with Gasteiger partial charge in [-0.1, -0.05) is 79.2 Å². The van der Waals surface area contributed by atoms with E-state index in [4.69, 9.17) is 9.47 Å². The van der Waals surface area contributed by atoms with E-state index in [1.54, 1.807) is 28.9 Å². The Kier molecular flexibility index (Phi) is 12.8. The van der Waals surface area contributed by atoms with Gasteiger partial charge in [0.05, 0.1) is 24.0 Å². The molecule has 1 aromatic carbocycles. The molecule has 3 amide bonds. The monoisotopic (exact) mass is 757 g/mol. The third kappa shape index (κ3) is 8.20. The molecule has 3 aliphatic rings. The van der Waals surface area contributed by atoms with E-state index in [1.165, 1.54) is 0 Å². The molecule has 0 aromatic heterocycles. The number of nitrogens with zero attached hydrogens (tertiary/aromatic N) is 2. The fraction of sp³-hybridized carbons (Fsp3) is 0.641.